The molecule has 11 rings (SSSR count). The second-order valence-corrected chi connectivity index (χ2v) is 14.1. The molecule has 0 bridgehead atoms. The van der Waals surface area contributed by atoms with E-state index in [9.17, 15) is 0 Å². The van der Waals surface area contributed by atoms with Crippen molar-refractivity contribution >= 4 is 43.9 Å². The maximum atomic E-state index is 6.04. The van der Waals surface area contributed by atoms with Crippen LogP contribution in [0.15, 0.2) is 197 Å². The second kappa shape index (κ2) is 13.0. The van der Waals surface area contributed by atoms with Gasteiger partial charge in [0.2, 0.25) is 0 Å². The lowest BCUT2D eigenvalue weighted by atomic mass is 9.96. The number of pyridine rings is 3. The van der Waals surface area contributed by atoms with Gasteiger partial charge in [-0.05, 0) is 117 Å². The number of fused-ring (bicyclic) bond motifs is 6. The van der Waals surface area contributed by atoms with E-state index >= 15 is 0 Å². The van der Waals surface area contributed by atoms with Crippen LogP contribution in [0.4, 0.5) is 0 Å². The third-order valence-corrected chi connectivity index (χ3v) is 10.7. The SMILES string of the molecule is c1cc(-c2cccc(-c3cccc(-c4cccc(-c5cccc(-c6ccc7oc8ccncc8c7c6)c5)c4)n3)c2)cc(-c2ccc3oc4ccncc4c3c2)c1. The van der Waals surface area contributed by atoms with Gasteiger partial charge in [-0.2, -0.15) is 0 Å². The maximum Gasteiger partial charge on any atom is 0.138 e. The van der Waals surface area contributed by atoms with Gasteiger partial charge in [0.15, 0.2) is 0 Å². The van der Waals surface area contributed by atoms with Gasteiger partial charge < -0.3 is 8.83 Å². The predicted octanol–water partition coefficient (Wildman–Crippen LogP) is 13.7. The van der Waals surface area contributed by atoms with E-state index in [2.05, 4.69) is 149 Å². The number of nitrogens with zero attached hydrogens (tertiary/aromatic N) is 3. The molecule has 0 saturated heterocycles. The zero-order valence-electron chi connectivity index (χ0n) is 30.1. The van der Waals surface area contributed by atoms with Gasteiger partial charge in [0, 0.05) is 57.5 Å². The molecule has 5 heterocycles. The molecule has 5 heteroatoms. The molecule has 5 aromatic heterocycles. The molecule has 6 aromatic carbocycles. The van der Waals surface area contributed by atoms with E-state index in [4.69, 9.17) is 13.8 Å². The summed E-state index contributed by atoms with van der Waals surface area (Å²) in [5, 5.41) is 4.18. The lowest BCUT2D eigenvalue weighted by Gasteiger charge is -2.11. The summed E-state index contributed by atoms with van der Waals surface area (Å²) in [5.41, 5.74) is 16.5. The fourth-order valence-electron chi connectivity index (χ4n) is 7.83. The minimum Gasteiger partial charge on any atom is -0.456 e. The lowest BCUT2D eigenvalue weighted by Crippen LogP contribution is -1.89. The number of hydrogen-bond donors (Lipinski definition) is 0. The first kappa shape index (κ1) is 31.9. The van der Waals surface area contributed by atoms with Crippen molar-refractivity contribution in [3.8, 4) is 67.0 Å². The van der Waals surface area contributed by atoms with Crippen LogP contribution in [0.5, 0.6) is 0 Å². The van der Waals surface area contributed by atoms with Gasteiger partial charge >= 0.3 is 0 Å². The van der Waals surface area contributed by atoms with Crippen LogP contribution in [0.1, 0.15) is 0 Å². The van der Waals surface area contributed by atoms with Gasteiger partial charge in [-0.15, -0.1) is 0 Å². The van der Waals surface area contributed by atoms with Crippen molar-refractivity contribution in [1.29, 1.82) is 0 Å². The number of benzene rings is 6. The molecule has 0 aliphatic rings. The van der Waals surface area contributed by atoms with E-state index in [0.29, 0.717) is 0 Å². The Hall–Kier alpha value is -7.63. The molecular formula is C51H31N3O2. The highest BCUT2D eigenvalue weighted by Crippen LogP contribution is 2.36. The Morgan fingerprint density at radius 3 is 1.05 bits per heavy atom. The van der Waals surface area contributed by atoms with Crippen molar-refractivity contribution in [3.63, 3.8) is 0 Å². The molecule has 0 saturated carbocycles. The van der Waals surface area contributed by atoms with Gasteiger partial charge in [0.25, 0.3) is 0 Å². The summed E-state index contributed by atoms with van der Waals surface area (Å²) in [5.74, 6) is 0. The van der Waals surface area contributed by atoms with Crippen LogP contribution >= 0.6 is 0 Å². The summed E-state index contributed by atoms with van der Waals surface area (Å²) < 4.78 is 12.1. The maximum absolute atomic E-state index is 6.04. The molecule has 0 spiro atoms. The minimum atomic E-state index is 0.848. The third kappa shape index (κ3) is 5.62. The second-order valence-electron chi connectivity index (χ2n) is 14.1. The fraction of sp³-hybridized carbons (Fsp3) is 0. The normalized spacial score (nSPS) is 11.6. The van der Waals surface area contributed by atoms with Crippen LogP contribution in [0.3, 0.4) is 0 Å². The van der Waals surface area contributed by atoms with E-state index in [1.807, 2.05) is 36.7 Å². The van der Waals surface area contributed by atoms with E-state index in [1.54, 1.807) is 12.4 Å². The number of aromatic nitrogens is 3. The molecular weight excluding hydrogens is 687 g/mol. The van der Waals surface area contributed by atoms with Gasteiger partial charge in [-0.3, -0.25) is 9.97 Å². The first-order valence-corrected chi connectivity index (χ1v) is 18.6. The van der Waals surface area contributed by atoms with Crippen LogP contribution in [0.2, 0.25) is 0 Å². The van der Waals surface area contributed by atoms with Crippen molar-refractivity contribution in [1.82, 2.24) is 15.0 Å². The lowest BCUT2D eigenvalue weighted by molar-refractivity contribution is 0.668. The molecule has 5 nitrogen and oxygen atoms in total. The Balaban J connectivity index is 0.886. The standard InChI is InChI=1S/C51H31N3O2/c1-6-32(24-34(8-1)38-16-18-48-42(28-38)44-30-52-22-20-50(44)55-48)36-10-3-12-40(26-36)46-14-5-15-47(54-46)41-13-4-11-37(27-41)33-7-2-9-35(25-33)39-17-19-49-43(29-39)45-31-53-23-21-51(45)56-49/h1-31H. The number of hydrogen-bond acceptors (Lipinski definition) is 5. The largest absolute Gasteiger partial charge is 0.456 e. The zero-order chi connectivity index (χ0) is 37.0. The average Bonchev–Trinajstić information content (AvgIpc) is 3.84. The smallest absolute Gasteiger partial charge is 0.138 e. The molecule has 11 aromatic rings. The summed E-state index contributed by atoms with van der Waals surface area (Å²) in [6, 6.07) is 57.5. The third-order valence-electron chi connectivity index (χ3n) is 10.7. The van der Waals surface area contributed by atoms with Crippen LogP contribution < -0.4 is 0 Å². The van der Waals surface area contributed by atoms with Crippen LogP contribution in [0.25, 0.3) is 111 Å². The first-order chi connectivity index (χ1) is 27.7. The van der Waals surface area contributed by atoms with E-state index in [1.165, 1.54) is 0 Å². The van der Waals surface area contributed by atoms with Gasteiger partial charge in [-0.25, -0.2) is 4.98 Å². The molecule has 0 unspecified atom stereocenters. The molecule has 0 fully saturated rings. The average molecular weight is 718 g/mol. The minimum absolute atomic E-state index is 0.848. The molecule has 262 valence electrons. The molecule has 0 N–H and O–H groups in total. The quantitative estimate of drug-likeness (QED) is 0.171. The summed E-state index contributed by atoms with van der Waals surface area (Å²) in [7, 11) is 0. The fourth-order valence-corrected chi connectivity index (χ4v) is 7.83. The highest BCUT2D eigenvalue weighted by Gasteiger charge is 2.13. The van der Waals surface area contributed by atoms with Crippen molar-refractivity contribution < 1.29 is 8.83 Å². The molecule has 0 aliphatic heterocycles. The number of rotatable bonds is 6. The van der Waals surface area contributed by atoms with Crippen molar-refractivity contribution in [2.24, 2.45) is 0 Å². The first-order valence-electron chi connectivity index (χ1n) is 18.6. The molecule has 0 atom stereocenters. The van der Waals surface area contributed by atoms with E-state index < -0.39 is 0 Å². The molecule has 56 heavy (non-hydrogen) atoms. The van der Waals surface area contributed by atoms with Gasteiger partial charge in [0.1, 0.15) is 22.3 Å². The number of furan rings is 2. The Labute approximate surface area is 322 Å². The highest BCUT2D eigenvalue weighted by molar-refractivity contribution is 6.07. The van der Waals surface area contributed by atoms with E-state index in [0.717, 1.165) is 111 Å². The summed E-state index contributed by atoms with van der Waals surface area (Å²) in [6.45, 7) is 0. The van der Waals surface area contributed by atoms with Crippen LogP contribution in [0, 0.1) is 0 Å². The van der Waals surface area contributed by atoms with Crippen LogP contribution in [-0.2, 0) is 0 Å². The molecule has 0 aliphatic carbocycles. The molecule has 0 radical (unpaired) electrons. The van der Waals surface area contributed by atoms with Gasteiger partial charge in [0.05, 0.1) is 11.4 Å². The Morgan fingerprint density at radius 2 is 0.625 bits per heavy atom. The predicted molar refractivity (Wildman–Crippen MR) is 227 cm³/mol. The Kier molecular flexibility index (Phi) is 7.42. The highest BCUT2D eigenvalue weighted by atomic mass is 16.3. The summed E-state index contributed by atoms with van der Waals surface area (Å²) in [6.07, 6.45) is 7.27. The van der Waals surface area contributed by atoms with Crippen LogP contribution in [-0.4, -0.2) is 15.0 Å². The Morgan fingerprint density at radius 1 is 0.286 bits per heavy atom. The van der Waals surface area contributed by atoms with Gasteiger partial charge in [-0.1, -0.05) is 91.0 Å². The summed E-state index contributed by atoms with van der Waals surface area (Å²) in [4.78, 5) is 13.8. The summed E-state index contributed by atoms with van der Waals surface area (Å²) >= 11 is 0. The Bertz CT molecular complexity index is 3070. The van der Waals surface area contributed by atoms with Crippen molar-refractivity contribution in [2.45, 2.75) is 0 Å². The molecule has 0 amide bonds. The monoisotopic (exact) mass is 717 g/mol. The van der Waals surface area contributed by atoms with Crippen molar-refractivity contribution in [3.05, 3.63) is 189 Å². The van der Waals surface area contributed by atoms with E-state index in [-0.39, 0.29) is 0 Å². The van der Waals surface area contributed by atoms with Crippen molar-refractivity contribution in [2.75, 3.05) is 0 Å². The topological polar surface area (TPSA) is 65.0 Å². The zero-order valence-corrected chi connectivity index (χ0v) is 30.1.